The number of carbonyl (C=O) groups excluding carboxylic acids is 1. The molecule has 0 saturated heterocycles. The van der Waals surface area contributed by atoms with E-state index in [0.29, 0.717) is 5.56 Å². The Morgan fingerprint density at radius 1 is 1.39 bits per heavy atom. The van der Waals surface area contributed by atoms with E-state index in [9.17, 15) is 14.0 Å². The molecule has 0 aliphatic rings. The highest BCUT2D eigenvalue weighted by molar-refractivity contribution is 5.84. The maximum atomic E-state index is 13.0. The summed E-state index contributed by atoms with van der Waals surface area (Å²) in [6.07, 6.45) is 0.0611. The second kappa shape index (κ2) is 6.14. The number of carbonyl (C=O) groups is 2. The van der Waals surface area contributed by atoms with Crippen molar-refractivity contribution in [3.05, 3.63) is 35.6 Å². The Labute approximate surface area is 105 Å². The maximum Gasteiger partial charge on any atom is 0.326 e. The monoisotopic (exact) mass is 253 g/mol. The molecule has 0 radical (unpaired) electrons. The SMILES string of the molecule is CC(C)C(=O)N[C@H](Cc1cccc(F)c1)C(=O)O. The fourth-order valence-electron chi connectivity index (χ4n) is 1.44. The number of carboxylic acids is 1. The van der Waals surface area contributed by atoms with Gasteiger partial charge in [-0.3, -0.25) is 4.79 Å². The second-order valence-corrected chi connectivity index (χ2v) is 4.39. The largest absolute Gasteiger partial charge is 0.480 e. The molecule has 0 heterocycles. The van der Waals surface area contributed by atoms with Gasteiger partial charge in [-0.05, 0) is 17.7 Å². The lowest BCUT2D eigenvalue weighted by molar-refractivity contribution is -0.142. The molecule has 0 saturated carbocycles. The molecule has 1 aromatic carbocycles. The van der Waals surface area contributed by atoms with Gasteiger partial charge in [-0.25, -0.2) is 9.18 Å². The highest BCUT2D eigenvalue weighted by Gasteiger charge is 2.21. The van der Waals surface area contributed by atoms with E-state index in [0.717, 1.165) is 0 Å². The van der Waals surface area contributed by atoms with Crippen LogP contribution in [0.1, 0.15) is 19.4 Å². The Balaban J connectivity index is 2.75. The van der Waals surface area contributed by atoms with Gasteiger partial charge >= 0.3 is 5.97 Å². The summed E-state index contributed by atoms with van der Waals surface area (Å²) in [7, 11) is 0. The highest BCUT2D eigenvalue weighted by Crippen LogP contribution is 2.07. The molecule has 1 aromatic rings. The summed E-state index contributed by atoms with van der Waals surface area (Å²) in [4.78, 5) is 22.5. The summed E-state index contributed by atoms with van der Waals surface area (Å²) in [5.74, 6) is -2.18. The van der Waals surface area contributed by atoms with Gasteiger partial charge in [-0.1, -0.05) is 26.0 Å². The molecule has 0 unspecified atom stereocenters. The average molecular weight is 253 g/mol. The predicted octanol–water partition coefficient (Wildman–Crippen LogP) is 1.59. The molecule has 5 heteroatoms. The minimum Gasteiger partial charge on any atom is -0.480 e. The lowest BCUT2D eigenvalue weighted by Crippen LogP contribution is -2.44. The molecule has 4 nitrogen and oxygen atoms in total. The van der Waals surface area contributed by atoms with Crippen molar-refractivity contribution in [3.8, 4) is 0 Å². The van der Waals surface area contributed by atoms with Gasteiger partial charge in [0, 0.05) is 12.3 Å². The topological polar surface area (TPSA) is 66.4 Å². The van der Waals surface area contributed by atoms with Crippen molar-refractivity contribution in [2.45, 2.75) is 26.3 Å². The summed E-state index contributed by atoms with van der Waals surface area (Å²) in [5.41, 5.74) is 0.534. The van der Waals surface area contributed by atoms with Crippen LogP contribution in [-0.4, -0.2) is 23.0 Å². The van der Waals surface area contributed by atoms with Gasteiger partial charge in [-0.2, -0.15) is 0 Å². The van der Waals surface area contributed by atoms with Gasteiger partial charge < -0.3 is 10.4 Å². The molecule has 0 aromatic heterocycles. The third kappa shape index (κ3) is 4.16. The van der Waals surface area contributed by atoms with E-state index < -0.39 is 17.8 Å². The van der Waals surface area contributed by atoms with Crippen LogP contribution in [0, 0.1) is 11.7 Å². The number of amides is 1. The fraction of sp³-hybridized carbons (Fsp3) is 0.385. The quantitative estimate of drug-likeness (QED) is 0.837. The number of hydrogen-bond donors (Lipinski definition) is 2. The summed E-state index contributed by atoms with van der Waals surface area (Å²) >= 11 is 0. The normalized spacial score (nSPS) is 12.2. The van der Waals surface area contributed by atoms with Gasteiger partial charge in [-0.15, -0.1) is 0 Å². The molecule has 0 aliphatic heterocycles. The predicted molar refractivity (Wildman–Crippen MR) is 64.5 cm³/mol. The van der Waals surface area contributed by atoms with Crippen LogP contribution in [0.2, 0.25) is 0 Å². The molecule has 0 aliphatic carbocycles. The van der Waals surface area contributed by atoms with E-state index in [1.54, 1.807) is 19.9 Å². The van der Waals surface area contributed by atoms with Gasteiger partial charge in [0.25, 0.3) is 0 Å². The molecule has 18 heavy (non-hydrogen) atoms. The van der Waals surface area contributed by atoms with Gasteiger partial charge in [0.1, 0.15) is 11.9 Å². The number of halogens is 1. The highest BCUT2D eigenvalue weighted by atomic mass is 19.1. The van der Waals surface area contributed by atoms with Crippen molar-refractivity contribution >= 4 is 11.9 Å². The molecular formula is C13H16FNO3. The number of aliphatic carboxylic acids is 1. The Kier molecular flexibility index (Phi) is 4.83. The van der Waals surface area contributed by atoms with Crippen molar-refractivity contribution in [2.24, 2.45) is 5.92 Å². The van der Waals surface area contributed by atoms with Crippen LogP contribution >= 0.6 is 0 Å². The van der Waals surface area contributed by atoms with Crippen molar-refractivity contribution < 1.29 is 19.1 Å². The molecule has 1 atom stereocenters. The van der Waals surface area contributed by atoms with Gasteiger partial charge in [0.05, 0.1) is 0 Å². The summed E-state index contributed by atoms with van der Waals surface area (Å²) in [5, 5.41) is 11.4. The lowest BCUT2D eigenvalue weighted by Gasteiger charge is -2.16. The van der Waals surface area contributed by atoms with Crippen LogP contribution in [0.5, 0.6) is 0 Å². The second-order valence-electron chi connectivity index (χ2n) is 4.39. The van der Waals surface area contributed by atoms with E-state index in [-0.39, 0.29) is 18.2 Å². The lowest BCUT2D eigenvalue weighted by atomic mass is 10.0. The standard InChI is InChI=1S/C13H16FNO3/c1-8(2)12(16)15-11(13(17)18)7-9-4-3-5-10(14)6-9/h3-6,8,11H,7H2,1-2H3,(H,15,16)(H,17,18)/t11-/m1/s1. The van der Waals surface area contributed by atoms with Crippen molar-refractivity contribution in [1.29, 1.82) is 0 Å². The Morgan fingerprint density at radius 2 is 2.06 bits per heavy atom. The molecular weight excluding hydrogens is 237 g/mol. The third-order valence-corrected chi connectivity index (χ3v) is 2.47. The van der Waals surface area contributed by atoms with Crippen molar-refractivity contribution in [1.82, 2.24) is 5.32 Å². The molecule has 98 valence electrons. The first-order valence-corrected chi connectivity index (χ1v) is 5.67. The number of nitrogens with one attached hydrogen (secondary N) is 1. The first-order chi connectivity index (χ1) is 8.40. The molecule has 1 amide bonds. The summed E-state index contributed by atoms with van der Waals surface area (Å²) in [6, 6.07) is 4.64. The Morgan fingerprint density at radius 3 is 2.56 bits per heavy atom. The van der Waals surface area contributed by atoms with E-state index in [2.05, 4.69) is 5.32 Å². The first kappa shape index (κ1) is 14.2. The van der Waals surface area contributed by atoms with Crippen LogP contribution in [0.3, 0.4) is 0 Å². The zero-order valence-corrected chi connectivity index (χ0v) is 10.3. The Hall–Kier alpha value is -1.91. The Bertz CT molecular complexity index is 446. The fourth-order valence-corrected chi connectivity index (χ4v) is 1.44. The third-order valence-electron chi connectivity index (χ3n) is 2.47. The van der Waals surface area contributed by atoms with E-state index in [1.165, 1.54) is 18.2 Å². The van der Waals surface area contributed by atoms with E-state index in [1.807, 2.05) is 0 Å². The minimum atomic E-state index is -1.13. The minimum absolute atomic E-state index is 0.0611. The molecule has 0 bridgehead atoms. The summed E-state index contributed by atoms with van der Waals surface area (Å²) in [6.45, 7) is 3.35. The van der Waals surface area contributed by atoms with Gasteiger partial charge in [0.15, 0.2) is 0 Å². The molecule has 0 fully saturated rings. The molecule has 2 N–H and O–H groups in total. The number of carboxylic acid groups (broad SMARTS) is 1. The van der Waals surface area contributed by atoms with Crippen LogP contribution in [0.15, 0.2) is 24.3 Å². The first-order valence-electron chi connectivity index (χ1n) is 5.67. The van der Waals surface area contributed by atoms with Crippen molar-refractivity contribution in [2.75, 3.05) is 0 Å². The zero-order valence-electron chi connectivity index (χ0n) is 10.3. The van der Waals surface area contributed by atoms with Crippen LogP contribution in [0.25, 0.3) is 0 Å². The number of hydrogen-bond acceptors (Lipinski definition) is 2. The van der Waals surface area contributed by atoms with Crippen LogP contribution < -0.4 is 5.32 Å². The zero-order chi connectivity index (χ0) is 13.7. The maximum absolute atomic E-state index is 13.0. The molecule has 0 spiro atoms. The summed E-state index contributed by atoms with van der Waals surface area (Å²) < 4.78 is 13.0. The average Bonchev–Trinajstić information content (AvgIpc) is 2.27. The van der Waals surface area contributed by atoms with E-state index >= 15 is 0 Å². The van der Waals surface area contributed by atoms with Gasteiger partial charge in [0.2, 0.25) is 5.91 Å². The molecule has 1 rings (SSSR count). The van der Waals surface area contributed by atoms with E-state index in [4.69, 9.17) is 5.11 Å². The number of benzene rings is 1. The number of rotatable bonds is 5. The van der Waals surface area contributed by atoms with Crippen molar-refractivity contribution in [3.63, 3.8) is 0 Å². The smallest absolute Gasteiger partial charge is 0.326 e. The van der Waals surface area contributed by atoms with Crippen LogP contribution in [0.4, 0.5) is 4.39 Å². The van der Waals surface area contributed by atoms with Crippen LogP contribution in [-0.2, 0) is 16.0 Å².